The van der Waals surface area contributed by atoms with E-state index in [-0.39, 0.29) is 18.2 Å². The van der Waals surface area contributed by atoms with E-state index in [2.05, 4.69) is 11.4 Å². The highest BCUT2D eigenvalue weighted by molar-refractivity contribution is 5.96. The number of carbonyl (C=O) groups excluding carboxylic acids is 2. The maximum absolute atomic E-state index is 12.3. The van der Waals surface area contributed by atoms with E-state index in [4.69, 9.17) is 10.5 Å². The van der Waals surface area contributed by atoms with Crippen LogP contribution < -0.4 is 11.1 Å². The average molecular weight is 252 g/mol. The van der Waals surface area contributed by atoms with Gasteiger partial charge in [0.05, 0.1) is 19.2 Å². The van der Waals surface area contributed by atoms with Crippen molar-refractivity contribution in [1.82, 2.24) is 5.32 Å². The Morgan fingerprint density at radius 3 is 2.83 bits per heavy atom. The van der Waals surface area contributed by atoms with E-state index in [1.54, 1.807) is 6.92 Å². The predicted molar refractivity (Wildman–Crippen MR) is 66.9 cm³/mol. The molecule has 1 saturated heterocycles. The Balaban J connectivity index is 2.01. The van der Waals surface area contributed by atoms with Crippen LogP contribution in [0.15, 0.2) is 11.6 Å². The summed E-state index contributed by atoms with van der Waals surface area (Å²) in [6.07, 6.45) is 5.96. The number of Topliss-reactive ketones (excluding diaryl/α,β-unsaturated/α-hetero) is 1. The summed E-state index contributed by atoms with van der Waals surface area (Å²) >= 11 is 0. The molecule has 1 aliphatic carbocycles. The minimum absolute atomic E-state index is 0.0444. The molecule has 1 amide bonds. The first-order chi connectivity index (χ1) is 8.55. The monoisotopic (exact) mass is 252 g/mol. The Morgan fingerprint density at radius 2 is 2.33 bits per heavy atom. The van der Waals surface area contributed by atoms with E-state index in [1.807, 2.05) is 0 Å². The number of ketones is 1. The molecule has 18 heavy (non-hydrogen) atoms. The highest BCUT2D eigenvalue weighted by atomic mass is 16.6. The van der Waals surface area contributed by atoms with Crippen molar-refractivity contribution < 1.29 is 14.3 Å². The molecule has 2 aliphatic rings. The number of carbonyl (C=O) groups is 2. The van der Waals surface area contributed by atoms with Crippen LogP contribution in [0.25, 0.3) is 0 Å². The molecule has 5 heteroatoms. The van der Waals surface area contributed by atoms with Gasteiger partial charge in [-0.25, -0.2) is 0 Å². The Labute approximate surface area is 107 Å². The molecule has 0 spiro atoms. The van der Waals surface area contributed by atoms with Crippen LogP contribution in [0.3, 0.4) is 0 Å². The number of hydrogen-bond acceptors (Lipinski definition) is 4. The molecular weight excluding hydrogens is 232 g/mol. The van der Waals surface area contributed by atoms with Crippen molar-refractivity contribution in [2.24, 2.45) is 5.73 Å². The summed E-state index contributed by atoms with van der Waals surface area (Å²) in [5, 5.41) is 2.71. The second kappa shape index (κ2) is 5.20. The van der Waals surface area contributed by atoms with E-state index in [0.29, 0.717) is 13.0 Å². The second-order valence-electron chi connectivity index (χ2n) is 5.17. The molecule has 0 aromatic rings. The van der Waals surface area contributed by atoms with Gasteiger partial charge >= 0.3 is 0 Å². The predicted octanol–water partition coefficient (Wildman–Crippen LogP) is 0.288. The minimum Gasteiger partial charge on any atom is -0.361 e. The summed E-state index contributed by atoms with van der Waals surface area (Å²) in [6.45, 7) is 2.11. The Kier molecular flexibility index (Phi) is 3.82. The van der Waals surface area contributed by atoms with Crippen LogP contribution in [-0.2, 0) is 14.3 Å². The Bertz CT molecular complexity index is 386. The summed E-state index contributed by atoms with van der Waals surface area (Å²) in [5.74, 6) is -0.340. The van der Waals surface area contributed by atoms with Gasteiger partial charge in [0.15, 0.2) is 5.78 Å². The van der Waals surface area contributed by atoms with Gasteiger partial charge in [-0.15, -0.1) is 0 Å². The smallest absolute Gasteiger partial charge is 0.234 e. The third-order valence-electron chi connectivity index (χ3n) is 3.54. The number of nitrogens with two attached hydrogens (primary N) is 1. The fourth-order valence-corrected chi connectivity index (χ4v) is 2.27. The highest BCUT2D eigenvalue weighted by Gasteiger charge is 2.50. The third kappa shape index (κ3) is 2.97. The van der Waals surface area contributed by atoms with Crippen molar-refractivity contribution in [3.8, 4) is 0 Å². The first kappa shape index (κ1) is 13.2. The molecule has 2 unspecified atom stereocenters. The molecule has 0 radical (unpaired) electrons. The minimum atomic E-state index is -0.703. The molecule has 0 saturated carbocycles. The fraction of sp³-hybridized carbons (Fsp3) is 0.692. The van der Waals surface area contributed by atoms with Gasteiger partial charge in [0, 0.05) is 0 Å². The third-order valence-corrected chi connectivity index (χ3v) is 3.54. The number of amides is 1. The van der Waals surface area contributed by atoms with Crippen LogP contribution in [0.1, 0.15) is 32.6 Å². The summed E-state index contributed by atoms with van der Waals surface area (Å²) < 4.78 is 5.17. The van der Waals surface area contributed by atoms with E-state index in [0.717, 1.165) is 19.3 Å². The quantitative estimate of drug-likeness (QED) is 0.525. The van der Waals surface area contributed by atoms with E-state index >= 15 is 0 Å². The van der Waals surface area contributed by atoms with Crippen molar-refractivity contribution in [1.29, 1.82) is 0 Å². The lowest BCUT2D eigenvalue weighted by Gasteiger charge is -2.19. The molecule has 1 fully saturated rings. The summed E-state index contributed by atoms with van der Waals surface area (Å²) in [4.78, 5) is 23.7. The van der Waals surface area contributed by atoms with E-state index < -0.39 is 11.6 Å². The highest BCUT2D eigenvalue weighted by Crippen LogP contribution is 2.31. The zero-order valence-electron chi connectivity index (χ0n) is 10.7. The molecular formula is C13H20N2O3. The molecule has 5 nitrogen and oxygen atoms in total. The van der Waals surface area contributed by atoms with Crippen LogP contribution in [0, 0.1) is 0 Å². The van der Waals surface area contributed by atoms with Crippen LogP contribution in [0.5, 0.6) is 0 Å². The normalized spacial score (nSPS) is 27.6. The molecule has 0 aromatic carbocycles. The standard InChI is InChI=1S/C13H20N2O3/c1-13(8-18-13)12(17)10(15-11(16)7-14)6-9-4-2-3-5-9/h4,10H,2-3,5-8,14H2,1H3,(H,15,16). The zero-order valence-corrected chi connectivity index (χ0v) is 10.7. The molecule has 3 N–H and O–H groups in total. The zero-order chi connectivity index (χ0) is 13.2. The molecule has 2 atom stereocenters. The van der Waals surface area contributed by atoms with Crippen molar-refractivity contribution in [3.63, 3.8) is 0 Å². The first-order valence-electron chi connectivity index (χ1n) is 6.41. The number of ether oxygens (including phenoxy) is 1. The van der Waals surface area contributed by atoms with E-state index in [9.17, 15) is 9.59 Å². The largest absolute Gasteiger partial charge is 0.361 e. The van der Waals surface area contributed by atoms with Gasteiger partial charge in [0.25, 0.3) is 0 Å². The second-order valence-corrected chi connectivity index (χ2v) is 5.17. The lowest BCUT2D eigenvalue weighted by molar-refractivity contribution is -0.129. The van der Waals surface area contributed by atoms with Crippen molar-refractivity contribution in [2.45, 2.75) is 44.2 Å². The summed E-state index contributed by atoms with van der Waals surface area (Å²) in [6, 6.07) is -0.502. The average Bonchev–Trinajstić information content (AvgIpc) is 2.91. The van der Waals surface area contributed by atoms with Crippen LogP contribution in [0.2, 0.25) is 0 Å². The maximum Gasteiger partial charge on any atom is 0.234 e. The SMILES string of the molecule is CC1(C(=O)C(CC2=CCCC2)NC(=O)CN)CO1. The summed E-state index contributed by atoms with van der Waals surface area (Å²) in [7, 11) is 0. The fourth-order valence-electron chi connectivity index (χ4n) is 2.27. The number of allylic oxidation sites excluding steroid dienone is 1. The summed E-state index contributed by atoms with van der Waals surface area (Å²) in [5.41, 5.74) is 5.83. The van der Waals surface area contributed by atoms with Crippen LogP contribution in [-0.4, -0.2) is 36.5 Å². The molecule has 0 aromatic heterocycles. The van der Waals surface area contributed by atoms with Crippen molar-refractivity contribution in [3.05, 3.63) is 11.6 Å². The van der Waals surface area contributed by atoms with E-state index in [1.165, 1.54) is 5.57 Å². The number of nitrogens with one attached hydrogen (secondary N) is 1. The van der Waals surface area contributed by atoms with Gasteiger partial charge in [-0.2, -0.15) is 0 Å². The maximum atomic E-state index is 12.3. The van der Waals surface area contributed by atoms with Gasteiger partial charge in [0.2, 0.25) is 5.91 Å². The molecule has 2 rings (SSSR count). The molecule has 0 bridgehead atoms. The van der Waals surface area contributed by atoms with Crippen LogP contribution >= 0.6 is 0 Å². The Morgan fingerprint density at radius 1 is 1.61 bits per heavy atom. The van der Waals surface area contributed by atoms with Crippen molar-refractivity contribution >= 4 is 11.7 Å². The lowest BCUT2D eigenvalue weighted by Crippen LogP contribution is -2.48. The van der Waals surface area contributed by atoms with Crippen molar-refractivity contribution in [2.75, 3.05) is 13.2 Å². The van der Waals surface area contributed by atoms with Gasteiger partial charge in [-0.1, -0.05) is 11.6 Å². The molecule has 1 heterocycles. The topological polar surface area (TPSA) is 84.7 Å². The number of hydrogen-bond donors (Lipinski definition) is 2. The van der Waals surface area contributed by atoms with Gasteiger partial charge in [-0.05, 0) is 32.6 Å². The molecule has 1 aliphatic heterocycles. The first-order valence-corrected chi connectivity index (χ1v) is 6.41. The van der Waals surface area contributed by atoms with Gasteiger partial charge < -0.3 is 15.8 Å². The van der Waals surface area contributed by atoms with Gasteiger partial charge in [0.1, 0.15) is 5.60 Å². The lowest BCUT2D eigenvalue weighted by atomic mass is 9.94. The van der Waals surface area contributed by atoms with Gasteiger partial charge in [-0.3, -0.25) is 9.59 Å². The number of rotatable bonds is 6. The number of epoxide rings is 1. The molecule has 100 valence electrons. The van der Waals surface area contributed by atoms with Crippen LogP contribution in [0.4, 0.5) is 0 Å². The Hall–Kier alpha value is -1.20.